The molecule has 116 valence electrons. The Morgan fingerprint density at radius 1 is 1.39 bits per heavy atom. The third-order valence-corrected chi connectivity index (χ3v) is 4.82. The van der Waals surface area contributed by atoms with Crippen molar-refractivity contribution in [1.29, 1.82) is 0 Å². The topological polar surface area (TPSA) is 70.5 Å². The summed E-state index contributed by atoms with van der Waals surface area (Å²) in [4.78, 5) is 28.8. The number of carbonyl (C=O) groups is 2. The molecule has 0 unspecified atom stereocenters. The molecule has 1 aromatic heterocycles. The fourth-order valence-electron chi connectivity index (χ4n) is 2.11. The van der Waals surface area contributed by atoms with Gasteiger partial charge in [-0.1, -0.05) is 53.8 Å². The number of carbonyl (C=O) groups excluding carboxylic acids is 1. The van der Waals surface area contributed by atoms with Crippen LogP contribution in [0.1, 0.15) is 5.69 Å². The van der Waals surface area contributed by atoms with Gasteiger partial charge in [-0.25, -0.2) is 4.98 Å². The van der Waals surface area contributed by atoms with Gasteiger partial charge in [0, 0.05) is 5.39 Å². The lowest BCUT2D eigenvalue weighted by Gasteiger charge is -2.10. The van der Waals surface area contributed by atoms with Crippen molar-refractivity contribution in [3.63, 3.8) is 0 Å². The number of aliphatic carboxylic acids is 1. The Balaban J connectivity index is 1.96. The molecule has 1 amide bonds. The lowest BCUT2D eigenvalue weighted by atomic mass is 10.2. The van der Waals surface area contributed by atoms with Gasteiger partial charge < -0.3 is 5.11 Å². The van der Waals surface area contributed by atoms with E-state index in [1.165, 1.54) is 0 Å². The van der Waals surface area contributed by atoms with E-state index in [4.69, 9.17) is 28.9 Å². The molecule has 23 heavy (non-hydrogen) atoms. The molecule has 3 rings (SSSR count). The maximum absolute atomic E-state index is 12.2. The number of thiocarbonyl (C=S) groups is 1. The molecule has 5 nitrogen and oxygen atoms in total. The summed E-state index contributed by atoms with van der Waals surface area (Å²) in [6.07, 6.45) is 1.59. The van der Waals surface area contributed by atoms with Crippen LogP contribution in [-0.2, 0) is 9.59 Å². The second-order valence-corrected chi connectivity index (χ2v) is 6.79. The van der Waals surface area contributed by atoms with Crippen molar-refractivity contribution in [2.45, 2.75) is 0 Å². The van der Waals surface area contributed by atoms with Crippen molar-refractivity contribution in [3.8, 4) is 0 Å². The second kappa shape index (κ2) is 6.27. The van der Waals surface area contributed by atoms with Crippen molar-refractivity contribution in [3.05, 3.63) is 46.0 Å². The third kappa shape index (κ3) is 3.21. The summed E-state index contributed by atoms with van der Waals surface area (Å²) < 4.78 is 0.225. The first-order chi connectivity index (χ1) is 11.0. The number of benzene rings is 1. The molecular formula is C15H9ClN2O3S2. The Kier molecular flexibility index (Phi) is 4.34. The van der Waals surface area contributed by atoms with Crippen molar-refractivity contribution in [2.24, 2.45) is 0 Å². The van der Waals surface area contributed by atoms with Crippen LogP contribution in [0.25, 0.3) is 17.0 Å². The first kappa shape index (κ1) is 15.9. The number of fused-ring (bicyclic) bond motifs is 1. The highest BCUT2D eigenvalue weighted by atomic mass is 35.5. The molecule has 0 aliphatic carbocycles. The number of hydrogen-bond acceptors (Lipinski definition) is 5. The lowest BCUT2D eigenvalue weighted by molar-refractivity contribution is -0.140. The Labute approximate surface area is 145 Å². The fraction of sp³-hybridized carbons (Fsp3) is 0.0667. The zero-order valence-electron chi connectivity index (χ0n) is 11.5. The van der Waals surface area contributed by atoms with Crippen LogP contribution in [-0.4, -0.2) is 37.7 Å². The molecular weight excluding hydrogens is 356 g/mol. The van der Waals surface area contributed by atoms with E-state index in [0.717, 1.165) is 22.0 Å². The number of carboxylic acids is 1. The number of aromatic nitrogens is 1. The van der Waals surface area contributed by atoms with Gasteiger partial charge in [-0.15, -0.1) is 0 Å². The van der Waals surface area contributed by atoms with Gasteiger partial charge in [-0.3, -0.25) is 14.5 Å². The van der Waals surface area contributed by atoms with E-state index in [9.17, 15) is 9.59 Å². The molecule has 1 aliphatic heterocycles. The van der Waals surface area contributed by atoms with Crippen LogP contribution in [0.5, 0.6) is 0 Å². The van der Waals surface area contributed by atoms with Gasteiger partial charge in [-0.2, -0.15) is 0 Å². The number of thioether (sulfide) groups is 1. The molecule has 1 aliphatic rings. The highest BCUT2D eigenvalue weighted by Gasteiger charge is 2.33. The van der Waals surface area contributed by atoms with Crippen LogP contribution in [0.4, 0.5) is 0 Å². The molecule has 1 aromatic carbocycles. The summed E-state index contributed by atoms with van der Waals surface area (Å²) >= 11 is 12.2. The van der Waals surface area contributed by atoms with E-state index in [2.05, 4.69) is 4.98 Å². The van der Waals surface area contributed by atoms with Crippen LogP contribution in [0.3, 0.4) is 0 Å². The molecule has 1 N–H and O–H groups in total. The first-order valence-electron chi connectivity index (χ1n) is 6.48. The summed E-state index contributed by atoms with van der Waals surface area (Å²) in [6.45, 7) is -0.445. The van der Waals surface area contributed by atoms with E-state index in [1.54, 1.807) is 18.2 Å². The quantitative estimate of drug-likeness (QED) is 0.666. The number of halogens is 1. The minimum Gasteiger partial charge on any atom is -0.480 e. The highest BCUT2D eigenvalue weighted by molar-refractivity contribution is 8.26. The second-order valence-electron chi connectivity index (χ2n) is 4.71. The first-order valence-corrected chi connectivity index (χ1v) is 8.08. The number of nitrogens with zero attached hydrogens (tertiary/aromatic N) is 2. The maximum atomic E-state index is 12.2. The van der Waals surface area contributed by atoms with E-state index < -0.39 is 18.4 Å². The number of hydrogen-bond donors (Lipinski definition) is 1. The zero-order valence-corrected chi connectivity index (χ0v) is 13.9. The van der Waals surface area contributed by atoms with Crippen molar-refractivity contribution in [2.75, 3.05) is 6.54 Å². The molecule has 0 spiro atoms. The maximum Gasteiger partial charge on any atom is 0.323 e. The van der Waals surface area contributed by atoms with Crippen molar-refractivity contribution in [1.82, 2.24) is 9.88 Å². The van der Waals surface area contributed by atoms with Gasteiger partial charge in [-0.05, 0) is 18.2 Å². The lowest BCUT2D eigenvalue weighted by Crippen LogP contribution is -2.33. The molecule has 8 heteroatoms. The Bertz CT molecular complexity index is 882. The van der Waals surface area contributed by atoms with E-state index >= 15 is 0 Å². The summed E-state index contributed by atoms with van der Waals surface area (Å²) in [5.41, 5.74) is 1.20. The van der Waals surface area contributed by atoms with Gasteiger partial charge >= 0.3 is 5.97 Å². The summed E-state index contributed by atoms with van der Waals surface area (Å²) in [5.74, 6) is -1.54. The van der Waals surface area contributed by atoms with Gasteiger partial charge in [0.15, 0.2) is 0 Å². The molecule has 1 fully saturated rings. The summed E-state index contributed by atoms with van der Waals surface area (Å²) in [7, 11) is 0. The average molecular weight is 365 g/mol. The monoisotopic (exact) mass is 364 g/mol. The molecule has 0 saturated carbocycles. The molecule has 0 atom stereocenters. The van der Waals surface area contributed by atoms with Gasteiger partial charge in [0.2, 0.25) is 0 Å². The number of rotatable bonds is 3. The third-order valence-electron chi connectivity index (χ3n) is 3.14. The largest absolute Gasteiger partial charge is 0.480 e. The molecule has 0 bridgehead atoms. The number of pyridine rings is 1. The predicted octanol–water partition coefficient (Wildman–Crippen LogP) is 3.17. The number of carboxylic acid groups (broad SMARTS) is 1. The summed E-state index contributed by atoms with van der Waals surface area (Å²) in [6, 6.07) is 9.10. The van der Waals surface area contributed by atoms with Gasteiger partial charge in [0.05, 0.1) is 21.1 Å². The minimum atomic E-state index is -1.11. The molecule has 0 radical (unpaired) electrons. The summed E-state index contributed by atoms with van der Waals surface area (Å²) in [5, 5.41) is 10.2. The Morgan fingerprint density at radius 2 is 2.17 bits per heavy atom. The average Bonchev–Trinajstić information content (AvgIpc) is 2.75. The minimum absolute atomic E-state index is 0.225. The standard InChI is InChI=1S/C15H9ClN2O3S2/c16-10-3-1-2-8-4-5-9(17-13(8)10)6-11-14(21)18(7-12(19)20)15(22)23-11/h1-6H,7H2,(H,19,20). The van der Waals surface area contributed by atoms with Crippen molar-refractivity contribution < 1.29 is 14.7 Å². The molecule has 2 aromatic rings. The number of amides is 1. The van der Waals surface area contributed by atoms with E-state index in [0.29, 0.717) is 21.1 Å². The normalized spacial score (nSPS) is 16.6. The van der Waals surface area contributed by atoms with Crippen molar-refractivity contribution >= 4 is 68.8 Å². The Morgan fingerprint density at radius 3 is 2.91 bits per heavy atom. The van der Waals surface area contributed by atoms with Crippen LogP contribution >= 0.6 is 35.6 Å². The molecule has 1 saturated heterocycles. The predicted molar refractivity (Wildman–Crippen MR) is 94.3 cm³/mol. The highest BCUT2D eigenvalue weighted by Crippen LogP contribution is 2.32. The fourth-order valence-corrected chi connectivity index (χ4v) is 3.58. The van der Waals surface area contributed by atoms with Crippen LogP contribution in [0.15, 0.2) is 35.2 Å². The van der Waals surface area contributed by atoms with Gasteiger partial charge in [0.25, 0.3) is 5.91 Å². The van der Waals surface area contributed by atoms with E-state index in [-0.39, 0.29) is 4.32 Å². The number of para-hydroxylation sites is 1. The smallest absolute Gasteiger partial charge is 0.323 e. The zero-order chi connectivity index (χ0) is 16.6. The SMILES string of the molecule is O=C(O)CN1C(=O)C(=Cc2ccc3cccc(Cl)c3n2)SC1=S. The van der Waals surface area contributed by atoms with Crippen LogP contribution < -0.4 is 0 Å². The van der Waals surface area contributed by atoms with E-state index in [1.807, 2.05) is 18.2 Å². The van der Waals surface area contributed by atoms with Crippen LogP contribution in [0.2, 0.25) is 5.02 Å². The van der Waals surface area contributed by atoms with Crippen LogP contribution in [0, 0.1) is 0 Å². The van der Waals surface area contributed by atoms with Gasteiger partial charge in [0.1, 0.15) is 10.9 Å². The molecule has 2 heterocycles. The Hall–Kier alpha value is -1.96.